The Kier molecular flexibility index (Phi) is 4.72. The second-order valence-electron chi connectivity index (χ2n) is 10.9. The van der Waals surface area contributed by atoms with E-state index in [2.05, 4.69) is 20.8 Å². The number of carbonyl (C=O) groups is 1. The number of likely N-dealkylation sites (tertiary alicyclic amines) is 1. The van der Waals surface area contributed by atoms with Crippen molar-refractivity contribution in [1.29, 1.82) is 0 Å². The summed E-state index contributed by atoms with van der Waals surface area (Å²) >= 11 is 0. The van der Waals surface area contributed by atoms with Crippen LogP contribution in [0.1, 0.15) is 78.6 Å². The lowest BCUT2D eigenvalue weighted by atomic mass is 9.66. The molecular weight excluding hydrogens is 358 g/mol. The Balaban J connectivity index is 1.37. The zero-order chi connectivity index (χ0) is 19.5. The molecule has 0 radical (unpaired) electrons. The number of hydrogen-bond donors (Lipinski definition) is 0. The van der Waals surface area contributed by atoms with E-state index < -0.39 is 9.84 Å². The summed E-state index contributed by atoms with van der Waals surface area (Å²) in [5.74, 6) is 1.97. The molecule has 4 nitrogen and oxygen atoms in total. The smallest absolute Gasteiger partial charge is 0.226 e. The van der Waals surface area contributed by atoms with E-state index in [9.17, 15) is 13.2 Å². The van der Waals surface area contributed by atoms with Crippen molar-refractivity contribution in [3.05, 3.63) is 0 Å². The minimum Gasteiger partial charge on any atom is -0.342 e. The van der Waals surface area contributed by atoms with Gasteiger partial charge in [-0.2, -0.15) is 0 Å². The van der Waals surface area contributed by atoms with Crippen molar-refractivity contribution in [2.45, 2.75) is 78.6 Å². The van der Waals surface area contributed by atoms with Crippen molar-refractivity contribution in [1.82, 2.24) is 4.90 Å². The van der Waals surface area contributed by atoms with Crippen molar-refractivity contribution in [2.75, 3.05) is 24.6 Å². The van der Waals surface area contributed by atoms with Crippen LogP contribution in [0.15, 0.2) is 0 Å². The van der Waals surface area contributed by atoms with Gasteiger partial charge in [-0.15, -0.1) is 0 Å². The molecule has 154 valence electrons. The van der Waals surface area contributed by atoms with Crippen LogP contribution in [-0.4, -0.2) is 43.8 Å². The van der Waals surface area contributed by atoms with Crippen molar-refractivity contribution >= 4 is 15.7 Å². The van der Waals surface area contributed by atoms with Crippen molar-refractivity contribution < 1.29 is 13.2 Å². The van der Waals surface area contributed by atoms with Gasteiger partial charge in [0.05, 0.1) is 11.5 Å². The van der Waals surface area contributed by atoms with Crippen molar-refractivity contribution in [3.63, 3.8) is 0 Å². The van der Waals surface area contributed by atoms with Gasteiger partial charge in [0.1, 0.15) is 0 Å². The van der Waals surface area contributed by atoms with E-state index in [1.54, 1.807) is 0 Å². The molecule has 2 aliphatic carbocycles. The van der Waals surface area contributed by atoms with Crippen LogP contribution in [-0.2, 0) is 14.6 Å². The molecule has 2 saturated carbocycles. The van der Waals surface area contributed by atoms with Crippen LogP contribution in [0.25, 0.3) is 0 Å². The molecule has 2 atom stereocenters. The first kappa shape index (κ1) is 19.7. The maximum Gasteiger partial charge on any atom is 0.226 e. The molecular formula is C22H37NO3S. The normalized spacial score (nSPS) is 41.2. The Labute approximate surface area is 165 Å². The number of piperidine rings is 1. The van der Waals surface area contributed by atoms with Crippen LogP contribution >= 0.6 is 0 Å². The summed E-state index contributed by atoms with van der Waals surface area (Å²) in [5.41, 5.74) is 0.560. The van der Waals surface area contributed by atoms with Gasteiger partial charge >= 0.3 is 0 Å². The Morgan fingerprint density at radius 2 is 1.85 bits per heavy atom. The van der Waals surface area contributed by atoms with Gasteiger partial charge < -0.3 is 4.90 Å². The van der Waals surface area contributed by atoms with Crippen LogP contribution in [0.4, 0.5) is 0 Å². The molecule has 0 bridgehead atoms. The molecule has 0 aromatic rings. The van der Waals surface area contributed by atoms with E-state index in [4.69, 9.17) is 0 Å². The molecule has 2 heterocycles. The minimum absolute atomic E-state index is 0.141. The number of sulfone groups is 1. The van der Waals surface area contributed by atoms with Gasteiger partial charge in [-0.3, -0.25) is 4.79 Å². The van der Waals surface area contributed by atoms with E-state index in [-0.39, 0.29) is 16.7 Å². The number of nitrogens with zero attached hydrogens (tertiary/aromatic N) is 1. The molecule has 4 fully saturated rings. The molecule has 27 heavy (non-hydrogen) atoms. The molecule has 1 amide bonds. The summed E-state index contributed by atoms with van der Waals surface area (Å²) in [7, 11) is -2.90. The Bertz CT molecular complexity index is 705. The molecule has 2 unspecified atom stereocenters. The van der Waals surface area contributed by atoms with Crippen LogP contribution in [0, 0.1) is 28.1 Å². The van der Waals surface area contributed by atoms with Gasteiger partial charge in [-0.25, -0.2) is 8.42 Å². The highest BCUT2D eigenvalue weighted by molar-refractivity contribution is 7.91. The summed E-state index contributed by atoms with van der Waals surface area (Å²) in [5, 5.41) is 0. The number of carbonyl (C=O) groups excluding carboxylic acids is 1. The molecule has 0 N–H and O–H groups in total. The zero-order valence-electron chi connectivity index (χ0n) is 17.4. The molecule has 2 spiro atoms. The number of rotatable bonds is 3. The monoisotopic (exact) mass is 395 g/mol. The van der Waals surface area contributed by atoms with Gasteiger partial charge in [0.25, 0.3) is 0 Å². The third-order valence-electron chi connectivity index (χ3n) is 8.93. The fourth-order valence-corrected chi connectivity index (χ4v) is 8.63. The average Bonchev–Trinajstić information content (AvgIpc) is 3.24. The minimum atomic E-state index is -2.90. The van der Waals surface area contributed by atoms with E-state index in [1.807, 2.05) is 4.90 Å². The lowest BCUT2D eigenvalue weighted by Gasteiger charge is -2.41. The Hall–Kier alpha value is -0.580. The fourth-order valence-electron chi connectivity index (χ4n) is 6.43. The van der Waals surface area contributed by atoms with E-state index in [0.29, 0.717) is 29.4 Å². The molecule has 4 rings (SSSR count). The Morgan fingerprint density at radius 1 is 1.15 bits per heavy atom. The van der Waals surface area contributed by atoms with Gasteiger partial charge in [0, 0.05) is 24.4 Å². The molecule has 5 heteroatoms. The number of amides is 1. The summed E-state index contributed by atoms with van der Waals surface area (Å²) in [6.45, 7) is 8.60. The zero-order valence-corrected chi connectivity index (χ0v) is 18.2. The van der Waals surface area contributed by atoms with Gasteiger partial charge in [0.15, 0.2) is 9.84 Å². The summed E-state index contributed by atoms with van der Waals surface area (Å²) in [6, 6.07) is 0. The maximum absolute atomic E-state index is 13.2. The second-order valence-corrected chi connectivity index (χ2v) is 13.1. The Morgan fingerprint density at radius 3 is 2.44 bits per heavy atom. The van der Waals surface area contributed by atoms with E-state index in [0.717, 1.165) is 38.1 Å². The van der Waals surface area contributed by atoms with E-state index in [1.165, 1.54) is 32.1 Å². The fraction of sp³-hybridized carbons (Fsp3) is 0.955. The van der Waals surface area contributed by atoms with Gasteiger partial charge in [-0.05, 0) is 68.1 Å². The molecule has 4 aliphatic rings. The summed E-state index contributed by atoms with van der Waals surface area (Å²) in [6.07, 6.45) is 9.96. The van der Waals surface area contributed by atoms with Gasteiger partial charge in [-0.1, -0.05) is 27.2 Å². The lowest BCUT2D eigenvalue weighted by Crippen LogP contribution is -2.47. The molecule has 2 aliphatic heterocycles. The molecule has 2 saturated heterocycles. The van der Waals surface area contributed by atoms with Crippen LogP contribution in [0.5, 0.6) is 0 Å². The van der Waals surface area contributed by atoms with E-state index >= 15 is 0 Å². The van der Waals surface area contributed by atoms with Crippen molar-refractivity contribution in [3.8, 4) is 0 Å². The second kappa shape index (κ2) is 6.47. The molecule has 0 aromatic heterocycles. The van der Waals surface area contributed by atoms with Crippen LogP contribution < -0.4 is 0 Å². The summed E-state index contributed by atoms with van der Waals surface area (Å²) in [4.78, 5) is 15.3. The third-order valence-corrected chi connectivity index (χ3v) is 10.8. The first-order valence-electron chi connectivity index (χ1n) is 11.1. The highest BCUT2D eigenvalue weighted by Gasteiger charge is 2.60. The van der Waals surface area contributed by atoms with Crippen LogP contribution in [0.3, 0.4) is 0 Å². The summed E-state index contributed by atoms with van der Waals surface area (Å²) < 4.78 is 24.0. The highest BCUT2D eigenvalue weighted by atomic mass is 32.2. The average molecular weight is 396 g/mol. The first-order valence-corrected chi connectivity index (χ1v) is 12.9. The largest absolute Gasteiger partial charge is 0.342 e. The third kappa shape index (κ3) is 3.58. The lowest BCUT2D eigenvalue weighted by molar-refractivity contribution is -0.137. The maximum atomic E-state index is 13.2. The topological polar surface area (TPSA) is 54.5 Å². The predicted molar refractivity (Wildman–Crippen MR) is 108 cm³/mol. The van der Waals surface area contributed by atoms with Crippen molar-refractivity contribution in [2.24, 2.45) is 28.1 Å². The van der Waals surface area contributed by atoms with Gasteiger partial charge in [0.2, 0.25) is 5.91 Å². The standard InChI is InChI=1S/C22H37NO3S/c1-4-20(2,3)17-6-9-22(10-7-17)14-18(22)19(24)23-12-5-8-21(15-23)11-13-27(25,26)16-21/h17-18H,4-16H2,1-3H3. The number of hydrogen-bond acceptors (Lipinski definition) is 3. The molecule has 0 aromatic carbocycles. The quantitative estimate of drug-likeness (QED) is 0.724. The predicted octanol–water partition coefficient (Wildman–Crippen LogP) is 4.05. The highest BCUT2D eigenvalue weighted by Crippen LogP contribution is 2.64. The SMILES string of the molecule is CCC(C)(C)C1CCC2(CC1)CC2C(=O)N1CCCC2(CCS(=O)(=O)C2)C1. The van der Waals surface area contributed by atoms with Crippen LogP contribution in [0.2, 0.25) is 0 Å². The first-order chi connectivity index (χ1) is 12.6.